The standard InChI is InChI=1S/C32H35F6N5O3/c1-30(2,3)46-29(45)43-14-12-21(13-15-43)19-5-9-24(10-6-19)41-28-40-18-25(32(36,37)38)26(42-28)11-7-20-4-8-23(31(33,34)35)16-22(20)17-27(39)44/h4-6,8-10,16,18,21H,7,11-15,17H2,1-3H3,(H2,39,44)(H,40,41,42). The first kappa shape index (κ1) is 34.5. The third-order valence-corrected chi connectivity index (χ3v) is 7.49. The Kier molecular flexibility index (Phi) is 10.2. The van der Waals surface area contributed by atoms with Gasteiger partial charge in [-0.1, -0.05) is 18.2 Å². The number of alkyl halides is 6. The molecule has 1 aromatic heterocycles. The number of carbonyl (C=O) groups is 2. The van der Waals surface area contributed by atoms with Crippen molar-refractivity contribution in [3.63, 3.8) is 0 Å². The van der Waals surface area contributed by atoms with Crippen molar-refractivity contribution in [3.8, 4) is 0 Å². The molecule has 1 fully saturated rings. The van der Waals surface area contributed by atoms with Crippen LogP contribution < -0.4 is 11.1 Å². The maximum atomic E-state index is 13.8. The van der Waals surface area contributed by atoms with Crippen LogP contribution in [0.25, 0.3) is 0 Å². The smallest absolute Gasteiger partial charge is 0.419 e. The van der Waals surface area contributed by atoms with Crippen molar-refractivity contribution in [3.05, 3.63) is 82.2 Å². The molecule has 1 aliphatic rings. The number of likely N-dealkylation sites (tertiary alicyclic amines) is 1. The maximum Gasteiger partial charge on any atom is 0.419 e. The lowest BCUT2D eigenvalue weighted by Crippen LogP contribution is -2.41. The Labute approximate surface area is 262 Å². The van der Waals surface area contributed by atoms with E-state index in [2.05, 4.69) is 15.3 Å². The molecule has 0 aliphatic carbocycles. The summed E-state index contributed by atoms with van der Waals surface area (Å²) >= 11 is 0. The summed E-state index contributed by atoms with van der Waals surface area (Å²) < 4.78 is 86.5. The molecule has 0 saturated carbocycles. The summed E-state index contributed by atoms with van der Waals surface area (Å²) in [6.07, 6.45) is -8.54. The number of ether oxygens (including phenoxy) is 1. The van der Waals surface area contributed by atoms with Gasteiger partial charge in [0.05, 0.1) is 23.2 Å². The molecule has 1 saturated heterocycles. The first-order valence-corrected chi connectivity index (χ1v) is 14.6. The van der Waals surface area contributed by atoms with E-state index >= 15 is 0 Å². The van der Waals surface area contributed by atoms with E-state index < -0.39 is 41.4 Å². The van der Waals surface area contributed by atoms with E-state index in [1.807, 2.05) is 32.9 Å². The number of halogens is 6. The van der Waals surface area contributed by atoms with Crippen LogP contribution in [0.4, 0.5) is 42.8 Å². The van der Waals surface area contributed by atoms with Gasteiger partial charge in [0, 0.05) is 25.0 Å². The van der Waals surface area contributed by atoms with E-state index in [0.29, 0.717) is 25.0 Å². The van der Waals surface area contributed by atoms with Gasteiger partial charge in [0.25, 0.3) is 0 Å². The number of aromatic nitrogens is 2. The molecule has 14 heteroatoms. The van der Waals surface area contributed by atoms with Gasteiger partial charge in [-0.15, -0.1) is 0 Å². The number of benzene rings is 2. The summed E-state index contributed by atoms with van der Waals surface area (Å²) in [5.74, 6) is -0.750. The van der Waals surface area contributed by atoms with Crippen molar-refractivity contribution in [2.75, 3.05) is 18.4 Å². The molecule has 0 radical (unpaired) electrons. The predicted octanol–water partition coefficient (Wildman–Crippen LogP) is 7.19. The zero-order chi connectivity index (χ0) is 33.9. The van der Waals surface area contributed by atoms with Gasteiger partial charge < -0.3 is 20.7 Å². The number of nitrogens with zero attached hydrogens (tertiary/aromatic N) is 3. The fourth-order valence-corrected chi connectivity index (χ4v) is 5.25. The lowest BCUT2D eigenvalue weighted by atomic mass is 9.89. The molecule has 0 bridgehead atoms. The summed E-state index contributed by atoms with van der Waals surface area (Å²) in [6, 6.07) is 10.0. The molecule has 2 heterocycles. The van der Waals surface area contributed by atoms with Crippen molar-refractivity contribution in [2.45, 2.75) is 76.7 Å². The highest BCUT2D eigenvalue weighted by Gasteiger charge is 2.35. The van der Waals surface area contributed by atoms with Crippen LogP contribution in [0.3, 0.4) is 0 Å². The lowest BCUT2D eigenvalue weighted by molar-refractivity contribution is -0.139. The van der Waals surface area contributed by atoms with Crippen LogP contribution in [-0.4, -0.2) is 45.6 Å². The number of primary amides is 1. The van der Waals surface area contributed by atoms with Gasteiger partial charge in [-0.3, -0.25) is 4.79 Å². The van der Waals surface area contributed by atoms with Gasteiger partial charge in [0.2, 0.25) is 11.9 Å². The SMILES string of the molecule is CC(C)(C)OC(=O)N1CCC(c2ccc(Nc3ncc(C(F)(F)F)c(CCc4ccc(C(F)(F)F)cc4CC(N)=O)n3)cc2)CC1. The van der Waals surface area contributed by atoms with Crippen LogP contribution in [0.15, 0.2) is 48.7 Å². The molecule has 2 aromatic carbocycles. The largest absolute Gasteiger partial charge is 0.444 e. The van der Waals surface area contributed by atoms with Crippen LogP contribution in [0, 0.1) is 0 Å². The molecule has 0 atom stereocenters. The molecule has 0 unspecified atom stereocenters. The van der Waals surface area contributed by atoms with E-state index in [-0.39, 0.29) is 47.6 Å². The molecule has 0 spiro atoms. The van der Waals surface area contributed by atoms with Crippen molar-refractivity contribution in [2.24, 2.45) is 5.73 Å². The summed E-state index contributed by atoms with van der Waals surface area (Å²) in [5, 5.41) is 2.91. The van der Waals surface area contributed by atoms with E-state index in [1.165, 1.54) is 0 Å². The van der Waals surface area contributed by atoms with Gasteiger partial charge in [-0.25, -0.2) is 14.8 Å². The Morgan fingerprint density at radius 1 is 0.935 bits per heavy atom. The van der Waals surface area contributed by atoms with Crippen LogP contribution in [0.5, 0.6) is 0 Å². The van der Waals surface area contributed by atoms with Gasteiger partial charge in [-0.2, -0.15) is 26.3 Å². The van der Waals surface area contributed by atoms with Crippen molar-refractivity contribution < 1.29 is 40.7 Å². The fraction of sp³-hybridized carbons (Fsp3) is 0.438. The molecule has 3 aromatic rings. The van der Waals surface area contributed by atoms with E-state index in [4.69, 9.17) is 10.5 Å². The maximum absolute atomic E-state index is 13.8. The summed E-state index contributed by atoms with van der Waals surface area (Å²) in [4.78, 5) is 33.5. The highest BCUT2D eigenvalue weighted by atomic mass is 19.4. The number of rotatable bonds is 8. The van der Waals surface area contributed by atoms with Crippen LogP contribution in [-0.2, 0) is 41.1 Å². The van der Waals surface area contributed by atoms with Gasteiger partial charge >= 0.3 is 18.4 Å². The lowest BCUT2D eigenvalue weighted by Gasteiger charge is -2.33. The fourth-order valence-electron chi connectivity index (χ4n) is 5.25. The van der Waals surface area contributed by atoms with Crippen LogP contribution in [0.2, 0.25) is 0 Å². The first-order valence-electron chi connectivity index (χ1n) is 14.6. The quantitative estimate of drug-likeness (QED) is 0.250. The number of hydrogen-bond acceptors (Lipinski definition) is 6. The molecule has 248 valence electrons. The third kappa shape index (κ3) is 9.33. The summed E-state index contributed by atoms with van der Waals surface area (Å²) in [6.45, 7) is 6.56. The Balaban J connectivity index is 1.46. The van der Waals surface area contributed by atoms with Gasteiger partial charge in [-0.05, 0) is 93.3 Å². The van der Waals surface area contributed by atoms with Crippen molar-refractivity contribution >= 4 is 23.6 Å². The highest BCUT2D eigenvalue weighted by Crippen LogP contribution is 2.34. The van der Waals surface area contributed by atoms with Crippen LogP contribution in [0.1, 0.15) is 73.0 Å². The number of hydrogen-bond donors (Lipinski definition) is 2. The number of aryl methyl sites for hydroxylation is 2. The number of nitrogens with two attached hydrogens (primary N) is 1. The average molecular weight is 652 g/mol. The molecular formula is C32H35F6N5O3. The highest BCUT2D eigenvalue weighted by molar-refractivity contribution is 5.77. The van der Waals surface area contributed by atoms with E-state index in [9.17, 15) is 35.9 Å². The van der Waals surface area contributed by atoms with Gasteiger partial charge in [0.1, 0.15) is 5.60 Å². The minimum absolute atomic E-state index is 0.0149. The summed E-state index contributed by atoms with van der Waals surface area (Å²) in [7, 11) is 0. The minimum Gasteiger partial charge on any atom is -0.444 e. The number of piperidine rings is 1. The number of anilines is 2. The van der Waals surface area contributed by atoms with Crippen molar-refractivity contribution in [1.29, 1.82) is 0 Å². The Morgan fingerprint density at radius 2 is 1.59 bits per heavy atom. The average Bonchev–Trinajstić information content (AvgIpc) is 2.95. The van der Waals surface area contributed by atoms with E-state index in [0.717, 1.165) is 36.6 Å². The van der Waals surface area contributed by atoms with Gasteiger partial charge in [0.15, 0.2) is 0 Å². The van der Waals surface area contributed by atoms with E-state index in [1.54, 1.807) is 17.0 Å². The molecule has 4 rings (SSSR count). The Hall–Kier alpha value is -4.36. The number of carbonyl (C=O) groups excluding carboxylic acids is 2. The number of amides is 2. The molecule has 3 N–H and O–H groups in total. The van der Waals surface area contributed by atoms with Crippen LogP contribution >= 0.6 is 0 Å². The zero-order valence-corrected chi connectivity index (χ0v) is 25.6. The minimum atomic E-state index is -4.77. The molecule has 2 amide bonds. The van der Waals surface area contributed by atoms with Crippen molar-refractivity contribution in [1.82, 2.24) is 14.9 Å². The first-order chi connectivity index (χ1) is 21.4. The number of nitrogens with one attached hydrogen (secondary N) is 1. The second-order valence-corrected chi connectivity index (χ2v) is 12.2. The Bertz CT molecular complexity index is 1540. The topological polar surface area (TPSA) is 110 Å². The second kappa shape index (κ2) is 13.6. The molecule has 46 heavy (non-hydrogen) atoms. The molecule has 8 nitrogen and oxygen atoms in total. The second-order valence-electron chi connectivity index (χ2n) is 12.2. The third-order valence-electron chi connectivity index (χ3n) is 7.49. The summed E-state index contributed by atoms with van der Waals surface area (Å²) in [5.41, 5.74) is 4.02. The predicted molar refractivity (Wildman–Crippen MR) is 158 cm³/mol. The normalized spacial score (nSPS) is 14.7. The zero-order valence-electron chi connectivity index (χ0n) is 25.6. The Morgan fingerprint density at radius 3 is 2.15 bits per heavy atom. The molecule has 1 aliphatic heterocycles. The molecular weight excluding hydrogens is 616 g/mol. The monoisotopic (exact) mass is 651 g/mol.